The highest BCUT2D eigenvalue weighted by molar-refractivity contribution is 9.10. The third-order valence-electron chi connectivity index (χ3n) is 3.89. The van der Waals surface area contributed by atoms with Gasteiger partial charge >= 0.3 is 0 Å². The fourth-order valence-corrected chi connectivity index (χ4v) is 3.18. The van der Waals surface area contributed by atoms with Gasteiger partial charge < -0.3 is 9.88 Å². The van der Waals surface area contributed by atoms with Gasteiger partial charge in [0, 0.05) is 33.2 Å². The molecule has 0 saturated heterocycles. The zero-order valence-electron chi connectivity index (χ0n) is 12.6. The van der Waals surface area contributed by atoms with Crippen LogP contribution in [-0.2, 0) is 17.9 Å². The van der Waals surface area contributed by atoms with E-state index in [0.29, 0.717) is 5.56 Å². The highest BCUT2D eigenvalue weighted by Crippen LogP contribution is 2.30. The van der Waals surface area contributed by atoms with Crippen molar-refractivity contribution >= 4 is 32.7 Å². The van der Waals surface area contributed by atoms with E-state index in [9.17, 15) is 9.18 Å². The Bertz CT molecular complexity index is 873. The van der Waals surface area contributed by atoms with E-state index in [1.54, 1.807) is 18.2 Å². The van der Waals surface area contributed by atoms with Crippen LogP contribution in [0.1, 0.15) is 11.3 Å². The highest BCUT2D eigenvalue weighted by atomic mass is 79.9. The average molecular weight is 375 g/mol. The fourth-order valence-electron chi connectivity index (χ4n) is 2.63. The van der Waals surface area contributed by atoms with Crippen LogP contribution in [0.15, 0.2) is 53.0 Å². The summed E-state index contributed by atoms with van der Waals surface area (Å²) in [7, 11) is 0. The van der Waals surface area contributed by atoms with E-state index in [-0.39, 0.29) is 24.8 Å². The Morgan fingerprint density at radius 3 is 2.65 bits per heavy atom. The lowest BCUT2D eigenvalue weighted by Crippen LogP contribution is -2.27. The van der Waals surface area contributed by atoms with Crippen molar-refractivity contribution < 1.29 is 9.18 Å². The van der Waals surface area contributed by atoms with Gasteiger partial charge in [0.25, 0.3) is 0 Å². The normalized spacial score (nSPS) is 10.9. The van der Waals surface area contributed by atoms with E-state index in [0.717, 1.165) is 21.1 Å². The number of para-hydroxylation sites is 1. The summed E-state index contributed by atoms with van der Waals surface area (Å²) in [4.78, 5) is 12.2. The van der Waals surface area contributed by atoms with Gasteiger partial charge in [0.1, 0.15) is 12.4 Å². The van der Waals surface area contributed by atoms with Crippen molar-refractivity contribution in [2.75, 3.05) is 0 Å². The molecular formula is C18H16BrFN2O. The Hall–Kier alpha value is -2.14. The number of hydrogen-bond donors (Lipinski definition) is 1. The average Bonchev–Trinajstić information content (AvgIpc) is 2.80. The number of halogens is 2. The lowest BCUT2D eigenvalue weighted by Gasteiger charge is -2.10. The lowest BCUT2D eigenvalue weighted by molar-refractivity contribution is -0.121. The fraction of sp³-hybridized carbons (Fsp3) is 0.167. The Morgan fingerprint density at radius 1 is 1.17 bits per heavy atom. The maximum absolute atomic E-state index is 13.6. The smallest absolute Gasteiger partial charge is 0.240 e. The van der Waals surface area contributed by atoms with Gasteiger partial charge in [-0.05, 0) is 35.0 Å². The van der Waals surface area contributed by atoms with Gasteiger partial charge in [0.2, 0.25) is 5.91 Å². The summed E-state index contributed by atoms with van der Waals surface area (Å²) in [6.07, 6.45) is 0. The van der Waals surface area contributed by atoms with Crippen LogP contribution in [-0.4, -0.2) is 10.5 Å². The molecule has 1 heterocycles. The molecular weight excluding hydrogens is 359 g/mol. The lowest BCUT2D eigenvalue weighted by atomic mass is 10.2. The number of hydrogen-bond acceptors (Lipinski definition) is 1. The standard InChI is InChI=1S/C18H16BrFN2O/c1-12-18(19)14-7-3-5-9-16(14)22(12)11-17(23)21-10-13-6-2-4-8-15(13)20/h2-9H,10-11H2,1H3,(H,21,23). The summed E-state index contributed by atoms with van der Waals surface area (Å²) < 4.78 is 16.5. The summed E-state index contributed by atoms with van der Waals surface area (Å²) in [5.41, 5.74) is 2.47. The molecule has 1 N–H and O–H groups in total. The number of aromatic nitrogens is 1. The van der Waals surface area contributed by atoms with E-state index in [1.807, 2.05) is 35.8 Å². The first-order valence-corrected chi connectivity index (χ1v) is 8.10. The highest BCUT2D eigenvalue weighted by Gasteiger charge is 2.14. The monoisotopic (exact) mass is 374 g/mol. The van der Waals surface area contributed by atoms with Crippen LogP contribution in [0.4, 0.5) is 4.39 Å². The first-order valence-electron chi connectivity index (χ1n) is 7.31. The van der Waals surface area contributed by atoms with Crippen molar-refractivity contribution in [1.29, 1.82) is 0 Å². The Morgan fingerprint density at radius 2 is 1.87 bits per heavy atom. The molecule has 2 aromatic carbocycles. The molecule has 0 bridgehead atoms. The van der Waals surface area contributed by atoms with Crippen LogP contribution in [0.2, 0.25) is 0 Å². The first kappa shape index (κ1) is 15.7. The number of nitrogens with one attached hydrogen (secondary N) is 1. The number of carbonyl (C=O) groups is 1. The second-order valence-corrected chi connectivity index (χ2v) is 6.16. The molecule has 0 aliphatic heterocycles. The summed E-state index contributed by atoms with van der Waals surface area (Å²) in [5, 5.41) is 3.85. The van der Waals surface area contributed by atoms with E-state index < -0.39 is 0 Å². The van der Waals surface area contributed by atoms with Crippen LogP contribution in [0, 0.1) is 12.7 Å². The molecule has 0 fully saturated rings. The molecule has 5 heteroatoms. The predicted octanol–water partition coefficient (Wildman–Crippen LogP) is 4.17. The van der Waals surface area contributed by atoms with Crippen LogP contribution >= 0.6 is 15.9 Å². The van der Waals surface area contributed by atoms with Crippen molar-refractivity contribution in [3.8, 4) is 0 Å². The molecule has 118 valence electrons. The van der Waals surface area contributed by atoms with Crippen molar-refractivity contribution in [1.82, 2.24) is 9.88 Å². The molecule has 0 atom stereocenters. The van der Waals surface area contributed by atoms with E-state index in [2.05, 4.69) is 21.2 Å². The minimum atomic E-state index is -0.307. The van der Waals surface area contributed by atoms with Gasteiger partial charge in [-0.2, -0.15) is 0 Å². The quantitative estimate of drug-likeness (QED) is 0.730. The molecule has 23 heavy (non-hydrogen) atoms. The summed E-state index contributed by atoms with van der Waals surface area (Å²) in [6.45, 7) is 2.35. The maximum atomic E-state index is 13.6. The second kappa shape index (κ2) is 6.54. The molecule has 3 rings (SSSR count). The number of benzene rings is 2. The first-order chi connectivity index (χ1) is 11.1. The SMILES string of the molecule is Cc1c(Br)c2ccccc2n1CC(=O)NCc1ccccc1F. The summed E-state index contributed by atoms with van der Waals surface area (Å²) >= 11 is 3.57. The summed E-state index contributed by atoms with van der Waals surface area (Å²) in [5.74, 6) is -0.456. The Kier molecular flexibility index (Phi) is 4.48. The maximum Gasteiger partial charge on any atom is 0.240 e. The largest absolute Gasteiger partial charge is 0.350 e. The van der Waals surface area contributed by atoms with Crippen LogP contribution in [0.5, 0.6) is 0 Å². The topological polar surface area (TPSA) is 34.0 Å². The zero-order chi connectivity index (χ0) is 16.4. The summed E-state index contributed by atoms with van der Waals surface area (Å²) in [6, 6.07) is 14.4. The molecule has 0 saturated carbocycles. The molecule has 0 aliphatic rings. The van der Waals surface area contributed by atoms with E-state index >= 15 is 0 Å². The number of rotatable bonds is 4. The number of carbonyl (C=O) groups excluding carboxylic acids is 1. The van der Waals surface area contributed by atoms with Gasteiger partial charge in [0.15, 0.2) is 0 Å². The van der Waals surface area contributed by atoms with Crippen molar-refractivity contribution in [2.24, 2.45) is 0 Å². The van der Waals surface area contributed by atoms with Crippen molar-refractivity contribution in [2.45, 2.75) is 20.0 Å². The van der Waals surface area contributed by atoms with Crippen LogP contribution < -0.4 is 5.32 Å². The van der Waals surface area contributed by atoms with Gasteiger partial charge in [-0.15, -0.1) is 0 Å². The Balaban J connectivity index is 1.76. The molecule has 3 nitrogen and oxygen atoms in total. The van der Waals surface area contributed by atoms with Crippen molar-refractivity contribution in [3.05, 3.63) is 70.1 Å². The second-order valence-electron chi connectivity index (χ2n) is 5.37. The van der Waals surface area contributed by atoms with Crippen molar-refractivity contribution in [3.63, 3.8) is 0 Å². The zero-order valence-corrected chi connectivity index (χ0v) is 14.2. The number of nitrogens with zero attached hydrogens (tertiary/aromatic N) is 1. The van der Waals surface area contributed by atoms with E-state index in [1.165, 1.54) is 6.07 Å². The van der Waals surface area contributed by atoms with Gasteiger partial charge in [-0.25, -0.2) is 4.39 Å². The third-order valence-corrected chi connectivity index (χ3v) is 4.89. The molecule has 0 unspecified atom stereocenters. The molecule has 0 spiro atoms. The number of fused-ring (bicyclic) bond motifs is 1. The van der Waals surface area contributed by atoms with Gasteiger partial charge in [-0.1, -0.05) is 36.4 Å². The third kappa shape index (κ3) is 3.15. The molecule has 1 amide bonds. The molecule has 3 aromatic rings. The minimum absolute atomic E-state index is 0.149. The van der Waals surface area contributed by atoms with Gasteiger partial charge in [-0.3, -0.25) is 4.79 Å². The number of amides is 1. The molecule has 0 aliphatic carbocycles. The van der Waals surface area contributed by atoms with Crippen LogP contribution in [0.3, 0.4) is 0 Å². The Labute approximate surface area is 142 Å². The molecule has 0 radical (unpaired) electrons. The van der Waals surface area contributed by atoms with Crippen LogP contribution in [0.25, 0.3) is 10.9 Å². The minimum Gasteiger partial charge on any atom is -0.350 e. The molecule has 1 aromatic heterocycles. The predicted molar refractivity (Wildman–Crippen MR) is 92.6 cm³/mol. The van der Waals surface area contributed by atoms with Gasteiger partial charge in [0.05, 0.1) is 0 Å². The van der Waals surface area contributed by atoms with E-state index in [4.69, 9.17) is 0 Å².